The van der Waals surface area contributed by atoms with E-state index in [1.165, 1.54) is 16.5 Å². The van der Waals surface area contributed by atoms with Gasteiger partial charge in [-0.05, 0) is 61.1 Å². The molecule has 0 bridgehead atoms. The minimum absolute atomic E-state index is 0.292. The van der Waals surface area contributed by atoms with Crippen LogP contribution in [0.5, 0.6) is 0 Å². The van der Waals surface area contributed by atoms with Gasteiger partial charge in [0.1, 0.15) is 0 Å². The van der Waals surface area contributed by atoms with Crippen molar-refractivity contribution in [1.82, 2.24) is 14.5 Å². The van der Waals surface area contributed by atoms with Gasteiger partial charge >= 0.3 is 0 Å². The highest BCUT2D eigenvalue weighted by Gasteiger charge is 2.23. The summed E-state index contributed by atoms with van der Waals surface area (Å²) in [4.78, 5) is 19.2. The lowest BCUT2D eigenvalue weighted by Crippen LogP contribution is -2.39. The van der Waals surface area contributed by atoms with Crippen LogP contribution in [-0.4, -0.2) is 33.4 Å². The molecule has 0 atom stereocenters. The molecule has 4 aromatic rings. The molecule has 0 N–H and O–H groups in total. The van der Waals surface area contributed by atoms with Crippen molar-refractivity contribution in [3.05, 3.63) is 90.8 Å². The number of hydrogen-bond acceptors (Lipinski definition) is 2. The second kappa shape index (κ2) is 9.39. The lowest BCUT2D eigenvalue weighted by Gasteiger charge is -2.32. The summed E-state index contributed by atoms with van der Waals surface area (Å²) in [5.41, 5.74) is 4.66. The molecule has 32 heavy (non-hydrogen) atoms. The highest BCUT2D eigenvalue weighted by Crippen LogP contribution is 2.26. The average molecular weight is 424 g/mol. The summed E-state index contributed by atoms with van der Waals surface area (Å²) in [6.45, 7) is 2.76. The van der Waals surface area contributed by atoms with Gasteiger partial charge in [0.15, 0.2) is 0 Å². The van der Waals surface area contributed by atoms with Crippen LogP contribution in [0, 0.1) is 5.92 Å². The maximum Gasteiger partial charge on any atom is 0.222 e. The molecule has 0 spiro atoms. The third-order valence-corrected chi connectivity index (χ3v) is 6.62. The van der Waals surface area contributed by atoms with Crippen molar-refractivity contribution in [2.45, 2.75) is 32.2 Å². The number of benzene rings is 2. The fourth-order valence-electron chi connectivity index (χ4n) is 4.75. The van der Waals surface area contributed by atoms with Crippen LogP contribution in [0.2, 0.25) is 0 Å². The quantitative estimate of drug-likeness (QED) is 0.406. The molecule has 1 aliphatic heterocycles. The molecule has 4 heteroatoms. The third kappa shape index (κ3) is 4.59. The lowest BCUT2D eigenvalue weighted by atomic mass is 9.96. The number of aryl methyl sites for hydroxylation is 1. The van der Waals surface area contributed by atoms with Crippen LogP contribution < -0.4 is 0 Å². The first-order valence-electron chi connectivity index (χ1n) is 11.6. The van der Waals surface area contributed by atoms with Crippen LogP contribution in [0.3, 0.4) is 0 Å². The van der Waals surface area contributed by atoms with E-state index in [0.717, 1.165) is 50.2 Å². The van der Waals surface area contributed by atoms with Gasteiger partial charge in [-0.15, -0.1) is 0 Å². The number of fused-ring (bicyclic) bond motifs is 1. The van der Waals surface area contributed by atoms with E-state index in [9.17, 15) is 4.79 Å². The molecule has 0 unspecified atom stereocenters. The van der Waals surface area contributed by atoms with Crippen molar-refractivity contribution >= 4 is 16.8 Å². The normalized spacial score (nSPS) is 14.7. The maximum absolute atomic E-state index is 12.6. The van der Waals surface area contributed by atoms with Crippen molar-refractivity contribution in [1.29, 1.82) is 0 Å². The molecule has 2 aromatic heterocycles. The largest absolute Gasteiger partial charge is 0.347 e. The topological polar surface area (TPSA) is 38.1 Å². The molecule has 1 aliphatic rings. The van der Waals surface area contributed by atoms with Crippen LogP contribution in [0.25, 0.3) is 22.2 Å². The average Bonchev–Trinajstić information content (AvgIpc) is 3.26. The molecule has 162 valence electrons. The second-order valence-electron chi connectivity index (χ2n) is 8.77. The zero-order valence-electron chi connectivity index (χ0n) is 18.4. The first-order chi connectivity index (χ1) is 15.8. The molecule has 1 fully saturated rings. The zero-order chi connectivity index (χ0) is 21.8. The second-order valence-corrected chi connectivity index (χ2v) is 8.77. The van der Waals surface area contributed by atoms with Crippen molar-refractivity contribution in [2.75, 3.05) is 13.1 Å². The number of carbonyl (C=O) groups is 1. The van der Waals surface area contributed by atoms with Gasteiger partial charge in [-0.2, -0.15) is 0 Å². The van der Waals surface area contributed by atoms with E-state index in [-0.39, 0.29) is 0 Å². The van der Waals surface area contributed by atoms with Crippen LogP contribution in [0.4, 0.5) is 0 Å². The Hall–Kier alpha value is -3.40. The summed E-state index contributed by atoms with van der Waals surface area (Å²) >= 11 is 0. The molecular formula is C28H29N3O. The Bertz CT molecular complexity index is 1180. The van der Waals surface area contributed by atoms with Gasteiger partial charge in [-0.3, -0.25) is 9.78 Å². The molecule has 5 rings (SSSR count). The summed E-state index contributed by atoms with van der Waals surface area (Å²) < 4.78 is 2.37. The monoisotopic (exact) mass is 423 g/mol. The van der Waals surface area contributed by atoms with Gasteiger partial charge in [0.2, 0.25) is 5.91 Å². The number of nitrogens with zero attached hydrogens (tertiary/aromatic N) is 3. The maximum atomic E-state index is 12.6. The molecule has 0 saturated carbocycles. The Morgan fingerprint density at radius 2 is 1.75 bits per heavy atom. The van der Waals surface area contributed by atoms with Gasteiger partial charge in [0, 0.05) is 54.9 Å². The fraction of sp³-hybridized carbons (Fsp3) is 0.286. The van der Waals surface area contributed by atoms with E-state index < -0.39 is 0 Å². The highest BCUT2D eigenvalue weighted by molar-refractivity contribution is 5.85. The van der Waals surface area contributed by atoms with E-state index >= 15 is 0 Å². The summed E-state index contributed by atoms with van der Waals surface area (Å²) in [6.07, 6.45) is 7.62. The van der Waals surface area contributed by atoms with E-state index in [0.29, 0.717) is 18.2 Å². The Morgan fingerprint density at radius 3 is 2.53 bits per heavy atom. The molecule has 3 heterocycles. The van der Waals surface area contributed by atoms with Crippen molar-refractivity contribution in [3.63, 3.8) is 0 Å². The van der Waals surface area contributed by atoms with Crippen LogP contribution in [0.15, 0.2) is 85.2 Å². The Labute approximate surface area is 189 Å². The number of piperidine rings is 1. The predicted molar refractivity (Wildman–Crippen MR) is 129 cm³/mol. The minimum atomic E-state index is 0.292. The summed E-state index contributed by atoms with van der Waals surface area (Å²) in [6, 6.07) is 25.1. The molecule has 2 aromatic carbocycles. The van der Waals surface area contributed by atoms with E-state index in [2.05, 4.69) is 57.0 Å². The number of amides is 1. The zero-order valence-corrected chi connectivity index (χ0v) is 18.4. The van der Waals surface area contributed by atoms with Crippen LogP contribution >= 0.6 is 0 Å². The molecule has 0 aliphatic carbocycles. The van der Waals surface area contributed by atoms with Gasteiger partial charge in [-0.25, -0.2) is 0 Å². The number of rotatable bonds is 6. The number of likely N-dealkylation sites (tertiary alicyclic amines) is 1. The molecular weight excluding hydrogens is 394 g/mol. The Kier molecular flexibility index (Phi) is 6.02. The Balaban J connectivity index is 1.17. The van der Waals surface area contributed by atoms with Gasteiger partial charge in [-0.1, -0.05) is 42.5 Å². The number of pyridine rings is 1. The minimum Gasteiger partial charge on any atom is -0.347 e. The molecule has 0 radical (unpaired) electrons. The highest BCUT2D eigenvalue weighted by atomic mass is 16.2. The van der Waals surface area contributed by atoms with Crippen molar-refractivity contribution in [3.8, 4) is 11.3 Å². The van der Waals surface area contributed by atoms with Gasteiger partial charge in [0.25, 0.3) is 0 Å². The SMILES string of the molecule is O=C(CCc1ccccc1)N1CCC(Cn2ccc3cc(-c4ccccn4)ccc32)CC1. The third-order valence-electron chi connectivity index (χ3n) is 6.62. The molecule has 4 nitrogen and oxygen atoms in total. The number of hydrogen-bond donors (Lipinski definition) is 0. The van der Waals surface area contributed by atoms with Crippen LogP contribution in [-0.2, 0) is 17.8 Å². The predicted octanol–water partition coefficient (Wildman–Crippen LogP) is 5.57. The number of aromatic nitrogens is 2. The first-order valence-corrected chi connectivity index (χ1v) is 11.6. The summed E-state index contributed by atoms with van der Waals surface area (Å²) in [5.74, 6) is 0.903. The van der Waals surface area contributed by atoms with E-state index in [1.807, 2.05) is 42.6 Å². The van der Waals surface area contributed by atoms with Gasteiger partial charge in [0.05, 0.1) is 5.69 Å². The van der Waals surface area contributed by atoms with E-state index in [4.69, 9.17) is 0 Å². The molecule has 1 amide bonds. The van der Waals surface area contributed by atoms with Gasteiger partial charge < -0.3 is 9.47 Å². The first kappa shape index (κ1) is 20.5. The summed E-state index contributed by atoms with van der Waals surface area (Å²) in [5, 5.41) is 1.25. The fourth-order valence-corrected chi connectivity index (χ4v) is 4.75. The van der Waals surface area contributed by atoms with Crippen molar-refractivity contribution in [2.24, 2.45) is 5.92 Å². The number of carbonyl (C=O) groups excluding carboxylic acids is 1. The smallest absolute Gasteiger partial charge is 0.222 e. The lowest BCUT2D eigenvalue weighted by molar-refractivity contribution is -0.132. The van der Waals surface area contributed by atoms with Crippen LogP contribution in [0.1, 0.15) is 24.8 Å². The Morgan fingerprint density at radius 1 is 0.938 bits per heavy atom. The standard InChI is InChI=1S/C28H29N3O/c32-28(12-9-22-6-2-1-3-7-22)30-17-13-23(14-18-30)21-31-19-15-25-20-24(10-11-27(25)31)26-8-4-5-16-29-26/h1-8,10-11,15-16,19-20,23H,9,12-14,17-18,21H2. The molecule has 1 saturated heterocycles. The van der Waals surface area contributed by atoms with Crippen molar-refractivity contribution < 1.29 is 4.79 Å². The summed E-state index contributed by atoms with van der Waals surface area (Å²) in [7, 11) is 0. The van der Waals surface area contributed by atoms with E-state index in [1.54, 1.807) is 0 Å².